The molecule has 3 heterocycles. The van der Waals surface area contributed by atoms with E-state index in [1.54, 1.807) is 23.5 Å². The second-order valence-electron chi connectivity index (χ2n) is 5.81. The molecule has 0 aliphatic carbocycles. The van der Waals surface area contributed by atoms with Crippen molar-refractivity contribution in [2.75, 3.05) is 29.5 Å². The Morgan fingerprint density at radius 2 is 1.84 bits per heavy atom. The zero-order chi connectivity index (χ0) is 17.2. The molecule has 0 radical (unpaired) electrons. The first-order chi connectivity index (χ1) is 12.2. The van der Waals surface area contributed by atoms with Gasteiger partial charge in [0.05, 0.1) is 21.8 Å². The van der Waals surface area contributed by atoms with E-state index >= 15 is 0 Å². The number of thiazole rings is 1. The fourth-order valence-corrected chi connectivity index (χ4v) is 4.54. The quantitative estimate of drug-likeness (QED) is 0.687. The molecule has 0 bridgehead atoms. The molecule has 1 fully saturated rings. The van der Waals surface area contributed by atoms with Crippen LogP contribution in [0.25, 0.3) is 21.7 Å². The van der Waals surface area contributed by atoms with Gasteiger partial charge in [0.15, 0.2) is 0 Å². The van der Waals surface area contributed by atoms with Crippen molar-refractivity contribution in [1.29, 1.82) is 0 Å². The fourth-order valence-electron chi connectivity index (χ4n) is 2.83. The summed E-state index contributed by atoms with van der Waals surface area (Å²) in [4.78, 5) is 17.1. The molecule has 4 rings (SSSR count). The molecule has 4 nitrogen and oxygen atoms in total. The second kappa shape index (κ2) is 7.09. The normalized spacial score (nSPS) is 14.7. The van der Waals surface area contributed by atoms with E-state index in [-0.39, 0.29) is 5.82 Å². The van der Waals surface area contributed by atoms with Gasteiger partial charge in [0.1, 0.15) is 5.82 Å². The van der Waals surface area contributed by atoms with Gasteiger partial charge in [-0.1, -0.05) is 12.1 Å². The first-order valence-electron chi connectivity index (χ1n) is 8.08. The highest BCUT2D eigenvalue weighted by molar-refractivity contribution is 7.99. The molecular weight excluding hydrogens is 355 g/mol. The molecule has 0 spiro atoms. The maximum Gasteiger partial charge on any atom is 0.225 e. The molecule has 7 heteroatoms. The predicted octanol–water partition coefficient (Wildman–Crippen LogP) is 4.27. The Bertz CT molecular complexity index is 873. The molecule has 1 aliphatic rings. The molecule has 25 heavy (non-hydrogen) atoms. The van der Waals surface area contributed by atoms with E-state index in [2.05, 4.69) is 14.9 Å². The zero-order valence-electron chi connectivity index (χ0n) is 13.8. The lowest BCUT2D eigenvalue weighted by molar-refractivity contribution is 0.628. The molecular formula is C18H17FN4S2. The SMILES string of the molecule is Cc1ncsc1-c1nc(N2CCSCC2)ncc1-c1ccc(F)cc1. The number of nitrogens with zero attached hydrogens (tertiary/aromatic N) is 4. The number of aryl methyl sites for hydroxylation is 1. The molecule has 0 saturated carbocycles. The van der Waals surface area contributed by atoms with Crippen molar-refractivity contribution in [3.8, 4) is 21.7 Å². The Labute approximate surface area is 154 Å². The number of rotatable bonds is 3. The van der Waals surface area contributed by atoms with E-state index in [0.717, 1.165) is 57.9 Å². The standard InChI is InChI=1S/C18H17FN4S2/c1-12-17(25-11-21-12)16-15(13-2-4-14(19)5-3-13)10-20-18(22-16)23-6-8-24-9-7-23/h2-5,10-11H,6-9H2,1H3. The largest absolute Gasteiger partial charge is 0.339 e. The second-order valence-corrected chi connectivity index (χ2v) is 7.89. The lowest BCUT2D eigenvalue weighted by atomic mass is 10.0. The van der Waals surface area contributed by atoms with Crippen molar-refractivity contribution < 1.29 is 4.39 Å². The predicted molar refractivity (Wildman–Crippen MR) is 103 cm³/mol. The average molecular weight is 372 g/mol. The first kappa shape index (κ1) is 16.5. The Balaban J connectivity index is 1.83. The molecule has 128 valence electrons. The Morgan fingerprint density at radius 3 is 2.52 bits per heavy atom. The molecule has 0 N–H and O–H groups in total. The summed E-state index contributed by atoms with van der Waals surface area (Å²) in [6.07, 6.45) is 1.85. The number of hydrogen-bond acceptors (Lipinski definition) is 6. The van der Waals surface area contributed by atoms with E-state index in [4.69, 9.17) is 4.98 Å². The fraction of sp³-hybridized carbons (Fsp3) is 0.278. The highest BCUT2D eigenvalue weighted by Gasteiger charge is 2.19. The number of halogens is 1. The molecule has 2 aromatic heterocycles. The van der Waals surface area contributed by atoms with E-state index in [0.29, 0.717) is 0 Å². The van der Waals surface area contributed by atoms with Gasteiger partial charge >= 0.3 is 0 Å². The van der Waals surface area contributed by atoms with Gasteiger partial charge in [-0.05, 0) is 24.6 Å². The van der Waals surface area contributed by atoms with Crippen LogP contribution in [0, 0.1) is 12.7 Å². The van der Waals surface area contributed by atoms with Crippen LogP contribution in [0.3, 0.4) is 0 Å². The summed E-state index contributed by atoms with van der Waals surface area (Å²) in [7, 11) is 0. The van der Waals surface area contributed by atoms with Crippen LogP contribution >= 0.6 is 23.1 Å². The van der Waals surface area contributed by atoms with Crippen molar-refractivity contribution in [2.24, 2.45) is 0 Å². The van der Waals surface area contributed by atoms with Crippen molar-refractivity contribution in [1.82, 2.24) is 15.0 Å². The number of thioether (sulfide) groups is 1. The summed E-state index contributed by atoms with van der Waals surface area (Å²) in [5, 5.41) is 0. The summed E-state index contributed by atoms with van der Waals surface area (Å²) in [6.45, 7) is 3.91. The summed E-state index contributed by atoms with van der Waals surface area (Å²) in [5.74, 6) is 2.70. The number of anilines is 1. The average Bonchev–Trinajstić information content (AvgIpc) is 3.08. The minimum absolute atomic E-state index is 0.248. The van der Waals surface area contributed by atoms with Gasteiger partial charge in [-0.3, -0.25) is 0 Å². The lowest BCUT2D eigenvalue weighted by Gasteiger charge is -2.26. The van der Waals surface area contributed by atoms with E-state index in [1.807, 2.05) is 30.4 Å². The van der Waals surface area contributed by atoms with Crippen molar-refractivity contribution in [3.05, 3.63) is 47.5 Å². The van der Waals surface area contributed by atoms with Crippen molar-refractivity contribution >= 4 is 29.0 Å². The van der Waals surface area contributed by atoms with Gasteiger partial charge in [0.2, 0.25) is 5.95 Å². The third-order valence-electron chi connectivity index (χ3n) is 4.19. The van der Waals surface area contributed by atoms with Crippen LogP contribution in [0.2, 0.25) is 0 Å². The highest BCUT2D eigenvalue weighted by Crippen LogP contribution is 2.35. The highest BCUT2D eigenvalue weighted by atomic mass is 32.2. The smallest absolute Gasteiger partial charge is 0.225 e. The topological polar surface area (TPSA) is 41.9 Å². The van der Waals surface area contributed by atoms with Crippen molar-refractivity contribution in [3.63, 3.8) is 0 Å². The third kappa shape index (κ3) is 3.39. The van der Waals surface area contributed by atoms with Crippen LogP contribution in [-0.4, -0.2) is 39.5 Å². The summed E-state index contributed by atoms with van der Waals surface area (Å²) < 4.78 is 13.3. The molecule has 1 saturated heterocycles. The van der Waals surface area contributed by atoms with Crippen LogP contribution in [0.15, 0.2) is 36.0 Å². The molecule has 0 atom stereocenters. The summed E-state index contributed by atoms with van der Waals surface area (Å²) in [6, 6.07) is 6.47. The summed E-state index contributed by atoms with van der Waals surface area (Å²) >= 11 is 3.53. The Kier molecular flexibility index (Phi) is 4.67. The third-order valence-corrected chi connectivity index (χ3v) is 6.06. The van der Waals surface area contributed by atoms with Gasteiger partial charge < -0.3 is 4.90 Å². The molecule has 0 unspecified atom stereocenters. The van der Waals surface area contributed by atoms with Gasteiger partial charge in [0.25, 0.3) is 0 Å². The first-order valence-corrected chi connectivity index (χ1v) is 10.1. The zero-order valence-corrected chi connectivity index (χ0v) is 15.4. The molecule has 1 aliphatic heterocycles. The minimum atomic E-state index is -0.248. The van der Waals surface area contributed by atoms with Gasteiger partial charge in [-0.15, -0.1) is 11.3 Å². The molecule has 3 aromatic rings. The van der Waals surface area contributed by atoms with Crippen LogP contribution < -0.4 is 4.90 Å². The lowest BCUT2D eigenvalue weighted by Crippen LogP contribution is -2.33. The monoisotopic (exact) mass is 372 g/mol. The van der Waals surface area contributed by atoms with Crippen LogP contribution in [0.4, 0.5) is 10.3 Å². The maximum atomic E-state index is 13.3. The number of hydrogen-bond donors (Lipinski definition) is 0. The minimum Gasteiger partial charge on any atom is -0.339 e. The van der Waals surface area contributed by atoms with Crippen LogP contribution in [0.5, 0.6) is 0 Å². The van der Waals surface area contributed by atoms with Gasteiger partial charge in [-0.25, -0.2) is 19.3 Å². The Hall–Kier alpha value is -1.99. The van der Waals surface area contributed by atoms with E-state index < -0.39 is 0 Å². The van der Waals surface area contributed by atoms with Gasteiger partial charge in [-0.2, -0.15) is 11.8 Å². The molecule has 0 amide bonds. The van der Waals surface area contributed by atoms with Crippen molar-refractivity contribution in [2.45, 2.75) is 6.92 Å². The maximum absolute atomic E-state index is 13.3. The number of aromatic nitrogens is 3. The van der Waals surface area contributed by atoms with Crippen LogP contribution in [0.1, 0.15) is 5.69 Å². The van der Waals surface area contributed by atoms with Crippen LogP contribution in [-0.2, 0) is 0 Å². The summed E-state index contributed by atoms with van der Waals surface area (Å²) in [5.41, 5.74) is 5.47. The van der Waals surface area contributed by atoms with Gasteiger partial charge in [0, 0.05) is 36.4 Å². The number of benzene rings is 1. The Morgan fingerprint density at radius 1 is 1.08 bits per heavy atom. The molecule has 1 aromatic carbocycles. The van der Waals surface area contributed by atoms with E-state index in [1.165, 1.54) is 12.1 Å². The van der Waals surface area contributed by atoms with E-state index in [9.17, 15) is 4.39 Å².